The average molecular weight is 380 g/mol. The summed E-state index contributed by atoms with van der Waals surface area (Å²) in [6, 6.07) is 9.36. The van der Waals surface area contributed by atoms with E-state index in [2.05, 4.69) is 9.55 Å². The number of benzene rings is 1. The topological polar surface area (TPSA) is 73.3 Å². The van der Waals surface area contributed by atoms with Gasteiger partial charge in [0.25, 0.3) is 0 Å². The summed E-state index contributed by atoms with van der Waals surface area (Å²) < 4.78 is 13.1. The van der Waals surface area contributed by atoms with Crippen LogP contribution in [0.5, 0.6) is 0 Å². The van der Waals surface area contributed by atoms with Gasteiger partial charge in [-0.15, -0.1) is 0 Å². The molecule has 28 heavy (non-hydrogen) atoms. The number of aromatic amines is 1. The summed E-state index contributed by atoms with van der Waals surface area (Å²) in [4.78, 5) is 28.1. The number of hydrogen-bond donors (Lipinski definition) is 1. The van der Waals surface area contributed by atoms with Crippen molar-refractivity contribution in [2.75, 3.05) is 13.2 Å². The van der Waals surface area contributed by atoms with Gasteiger partial charge in [-0.1, -0.05) is 18.2 Å². The Morgan fingerprint density at radius 1 is 1.25 bits per heavy atom. The third-order valence-corrected chi connectivity index (χ3v) is 5.43. The van der Waals surface area contributed by atoms with Gasteiger partial charge in [0, 0.05) is 47.2 Å². The van der Waals surface area contributed by atoms with Crippen molar-refractivity contribution in [3.8, 4) is 0 Å². The van der Waals surface area contributed by atoms with Gasteiger partial charge in [-0.05, 0) is 38.8 Å². The van der Waals surface area contributed by atoms with Gasteiger partial charge in [-0.2, -0.15) is 0 Å². The van der Waals surface area contributed by atoms with Crippen molar-refractivity contribution in [1.82, 2.24) is 9.55 Å². The summed E-state index contributed by atoms with van der Waals surface area (Å²) in [5.41, 5.74) is 3.80. The first-order chi connectivity index (χ1) is 13.5. The molecule has 6 heteroatoms. The molecular formula is C22H24N2O4. The molecule has 2 aromatic heterocycles. The van der Waals surface area contributed by atoms with Crippen LogP contribution in [0.15, 0.2) is 36.5 Å². The molecular weight excluding hydrogens is 356 g/mol. The van der Waals surface area contributed by atoms with Crippen LogP contribution in [-0.2, 0) is 16.0 Å². The van der Waals surface area contributed by atoms with E-state index < -0.39 is 5.97 Å². The molecule has 1 aliphatic heterocycles. The first-order valence-corrected chi connectivity index (χ1v) is 9.59. The van der Waals surface area contributed by atoms with Crippen molar-refractivity contribution in [2.45, 2.75) is 39.3 Å². The lowest BCUT2D eigenvalue weighted by molar-refractivity contribution is 0.0476. The molecule has 4 rings (SSSR count). The van der Waals surface area contributed by atoms with E-state index in [0.717, 1.165) is 48.3 Å². The van der Waals surface area contributed by atoms with Gasteiger partial charge in [-0.25, -0.2) is 4.79 Å². The van der Waals surface area contributed by atoms with Crippen LogP contribution in [0, 0.1) is 13.8 Å². The Labute approximate surface area is 163 Å². The van der Waals surface area contributed by atoms with Gasteiger partial charge >= 0.3 is 5.97 Å². The minimum Gasteiger partial charge on any atom is -0.454 e. The number of para-hydroxylation sites is 1. The second-order valence-corrected chi connectivity index (χ2v) is 7.28. The number of nitrogens with zero attached hydrogens (tertiary/aromatic N) is 1. The van der Waals surface area contributed by atoms with Crippen LogP contribution in [0.3, 0.4) is 0 Å². The maximum Gasteiger partial charge on any atom is 0.340 e. The number of ketones is 1. The molecule has 1 N–H and O–H groups in total. The molecule has 1 aromatic carbocycles. The van der Waals surface area contributed by atoms with Crippen LogP contribution in [-0.4, -0.2) is 40.6 Å². The number of aryl methyl sites for hydroxylation is 1. The number of ether oxygens (including phenoxy) is 2. The van der Waals surface area contributed by atoms with E-state index >= 15 is 0 Å². The summed E-state index contributed by atoms with van der Waals surface area (Å²) in [5, 5.41) is 0.787. The maximum atomic E-state index is 12.7. The second-order valence-electron chi connectivity index (χ2n) is 7.28. The number of Topliss-reactive ketones (excluding diaryl/α,β-unsaturated/α-hetero) is 1. The van der Waals surface area contributed by atoms with Gasteiger partial charge in [0.15, 0.2) is 6.61 Å². The molecule has 0 aliphatic carbocycles. The molecule has 6 nitrogen and oxygen atoms in total. The van der Waals surface area contributed by atoms with E-state index in [-0.39, 0.29) is 18.5 Å². The molecule has 0 amide bonds. The molecule has 0 radical (unpaired) electrons. The molecule has 0 spiro atoms. The molecule has 0 bridgehead atoms. The van der Waals surface area contributed by atoms with E-state index in [0.29, 0.717) is 11.1 Å². The predicted octanol–water partition coefficient (Wildman–Crippen LogP) is 3.80. The summed E-state index contributed by atoms with van der Waals surface area (Å²) in [6.07, 6.45) is 3.94. The number of hydrogen-bond acceptors (Lipinski definition) is 4. The largest absolute Gasteiger partial charge is 0.454 e. The standard InChI is InChI=1S/C22H24N2O4/c1-14-10-18(15(2)24(14)12-16-6-5-9-27-16)21(25)13-28-22(26)19-11-23-20-8-4-3-7-17(19)20/h3-4,7-8,10-11,16,23H,5-6,9,12-13H2,1-2H3/t16-/m0/s1. The minimum absolute atomic E-state index is 0.195. The Kier molecular flexibility index (Phi) is 5.05. The smallest absolute Gasteiger partial charge is 0.340 e. The van der Waals surface area contributed by atoms with Crippen molar-refractivity contribution in [2.24, 2.45) is 0 Å². The van der Waals surface area contributed by atoms with Gasteiger partial charge in [-0.3, -0.25) is 4.79 Å². The summed E-state index contributed by atoms with van der Waals surface area (Å²) in [6.45, 7) is 5.19. The Hall–Kier alpha value is -2.86. The molecule has 1 atom stereocenters. The number of rotatable bonds is 6. The Morgan fingerprint density at radius 2 is 2.07 bits per heavy atom. The van der Waals surface area contributed by atoms with E-state index in [4.69, 9.17) is 9.47 Å². The summed E-state index contributed by atoms with van der Waals surface area (Å²) in [5.74, 6) is -0.696. The average Bonchev–Trinajstić information content (AvgIpc) is 3.42. The third-order valence-electron chi connectivity index (χ3n) is 5.43. The number of fused-ring (bicyclic) bond motifs is 1. The third kappa shape index (κ3) is 3.47. The highest BCUT2D eigenvalue weighted by Gasteiger charge is 2.22. The minimum atomic E-state index is -0.501. The molecule has 1 saturated heterocycles. The highest BCUT2D eigenvalue weighted by atomic mass is 16.5. The van der Waals surface area contributed by atoms with Gasteiger partial charge in [0.2, 0.25) is 5.78 Å². The molecule has 3 heterocycles. The van der Waals surface area contributed by atoms with Crippen LogP contribution >= 0.6 is 0 Å². The number of esters is 1. The first-order valence-electron chi connectivity index (χ1n) is 9.59. The number of aromatic nitrogens is 2. The quantitative estimate of drug-likeness (QED) is 0.521. The summed E-state index contributed by atoms with van der Waals surface area (Å²) in [7, 11) is 0. The fraction of sp³-hybridized carbons (Fsp3) is 0.364. The molecule has 1 fully saturated rings. The molecule has 3 aromatic rings. The van der Waals surface area contributed by atoms with E-state index in [1.807, 2.05) is 44.2 Å². The van der Waals surface area contributed by atoms with E-state index in [1.165, 1.54) is 0 Å². The molecule has 0 saturated carbocycles. The molecule has 0 unspecified atom stereocenters. The van der Waals surface area contributed by atoms with Gasteiger partial charge in [0.1, 0.15) is 0 Å². The second kappa shape index (κ2) is 7.64. The lowest BCUT2D eigenvalue weighted by Crippen LogP contribution is -2.18. The van der Waals surface area contributed by atoms with Crippen molar-refractivity contribution in [3.05, 3.63) is 59.0 Å². The zero-order valence-electron chi connectivity index (χ0n) is 16.2. The zero-order chi connectivity index (χ0) is 19.7. The Balaban J connectivity index is 1.44. The lowest BCUT2D eigenvalue weighted by Gasteiger charge is -2.14. The SMILES string of the molecule is Cc1cc(C(=O)COC(=O)c2c[nH]c3ccccc23)c(C)n1C[C@@H]1CCCO1. The normalized spacial score (nSPS) is 16.6. The van der Waals surface area contributed by atoms with Crippen LogP contribution < -0.4 is 0 Å². The number of nitrogens with one attached hydrogen (secondary N) is 1. The van der Waals surface area contributed by atoms with Crippen LogP contribution in [0.2, 0.25) is 0 Å². The van der Waals surface area contributed by atoms with E-state index in [1.54, 1.807) is 6.20 Å². The zero-order valence-corrected chi connectivity index (χ0v) is 16.2. The highest BCUT2D eigenvalue weighted by Crippen LogP contribution is 2.22. The van der Waals surface area contributed by atoms with Crippen molar-refractivity contribution in [1.29, 1.82) is 0 Å². The van der Waals surface area contributed by atoms with Crippen LogP contribution in [0.1, 0.15) is 44.9 Å². The highest BCUT2D eigenvalue weighted by molar-refractivity contribution is 6.05. The first kappa shape index (κ1) is 18.5. The van der Waals surface area contributed by atoms with Gasteiger partial charge < -0.3 is 19.0 Å². The monoisotopic (exact) mass is 380 g/mol. The van der Waals surface area contributed by atoms with Gasteiger partial charge in [0.05, 0.1) is 11.7 Å². The molecule has 1 aliphatic rings. The number of carbonyl (C=O) groups excluding carboxylic acids is 2. The van der Waals surface area contributed by atoms with Crippen molar-refractivity contribution < 1.29 is 19.1 Å². The van der Waals surface area contributed by atoms with Crippen molar-refractivity contribution >= 4 is 22.7 Å². The lowest BCUT2D eigenvalue weighted by atomic mass is 10.1. The maximum absolute atomic E-state index is 12.7. The molecule has 146 valence electrons. The number of H-pyrrole nitrogens is 1. The van der Waals surface area contributed by atoms with Crippen molar-refractivity contribution in [3.63, 3.8) is 0 Å². The fourth-order valence-corrected chi connectivity index (χ4v) is 3.88. The Morgan fingerprint density at radius 3 is 2.86 bits per heavy atom. The fourth-order valence-electron chi connectivity index (χ4n) is 3.88. The number of carbonyl (C=O) groups is 2. The van der Waals surface area contributed by atoms with E-state index in [9.17, 15) is 9.59 Å². The Bertz CT molecular complexity index is 1020. The van der Waals surface area contributed by atoms with Crippen LogP contribution in [0.4, 0.5) is 0 Å². The predicted molar refractivity (Wildman–Crippen MR) is 106 cm³/mol. The summed E-state index contributed by atoms with van der Waals surface area (Å²) >= 11 is 0. The van der Waals surface area contributed by atoms with Crippen LogP contribution in [0.25, 0.3) is 10.9 Å².